The molecule has 2 saturated carbocycles. The lowest BCUT2D eigenvalue weighted by Gasteiger charge is -2.63. The second-order valence-corrected chi connectivity index (χ2v) is 12.8. The van der Waals surface area contributed by atoms with Crippen molar-refractivity contribution in [3.8, 4) is 0 Å². The predicted molar refractivity (Wildman–Crippen MR) is 159 cm³/mol. The molecule has 2 aromatic rings. The van der Waals surface area contributed by atoms with Crippen LogP contribution in [-0.4, -0.2) is 77.1 Å². The molecule has 12 nitrogen and oxygen atoms in total. The van der Waals surface area contributed by atoms with Gasteiger partial charge in [0.2, 0.25) is 0 Å². The van der Waals surface area contributed by atoms with Crippen molar-refractivity contribution in [2.45, 2.75) is 90.0 Å². The van der Waals surface area contributed by atoms with Crippen molar-refractivity contribution < 1.29 is 52.4 Å². The van der Waals surface area contributed by atoms with E-state index < -0.39 is 89.3 Å². The minimum absolute atomic E-state index is 0.0732. The van der Waals surface area contributed by atoms with Crippen LogP contribution in [0.3, 0.4) is 0 Å². The Morgan fingerprint density at radius 3 is 2.04 bits per heavy atom. The molecule has 2 bridgehead atoms. The van der Waals surface area contributed by atoms with E-state index in [9.17, 15) is 24.0 Å². The fraction of sp³-hybridized carbons (Fsp3) is 0.529. The van der Waals surface area contributed by atoms with E-state index in [1.807, 2.05) is 20.8 Å². The number of esters is 5. The summed E-state index contributed by atoms with van der Waals surface area (Å²) >= 11 is 0. The van der Waals surface area contributed by atoms with Crippen LogP contribution in [0, 0.1) is 17.3 Å². The number of rotatable bonds is 8. The minimum Gasteiger partial charge on any atom is -0.465 e. The summed E-state index contributed by atoms with van der Waals surface area (Å²) in [7, 11) is 0. The van der Waals surface area contributed by atoms with E-state index in [0.717, 1.165) is 0 Å². The van der Waals surface area contributed by atoms with Crippen LogP contribution in [0.15, 0.2) is 54.9 Å². The number of pyridine rings is 1. The van der Waals surface area contributed by atoms with E-state index in [0.29, 0.717) is 0 Å². The van der Waals surface area contributed by atoms with Crippen LogP contribution in [0.5, 0.6) is 0 Å². The van der Waals surface area contributed by atoms with Gasteiger partial charge in [-0.15, -0.1) is 0 Å². The van der Waals surface area contributed by atoms with Crippen LogP contribution in [0.1, 0.15) is 75.1 Å². The lowest BCUT2D eigenvalue weighted by molar-refractivity contribution is -0.317. The van der Waals surface area contributed by atoms with Gasteiger partial charge in [0.05, 0.1) is 16.7 Å². The van der Waals surface area contributed by atoms with Crippen LogP contribution in [0.25, 0.3) is 0 Å². The van der Waals surface area contributed by atoms with Crippen molar-refractivity contribution in [2.24, 2.45) is 17.3 Å². The van der Waals surface area contributed by atoms with Gasteiger partial charge in [0.25, 0.3) is 0 Å². The van der Waals surface area contributed by atoms with Gasteiger partial charge in [0.15, 0.2) is 6.10 Å². The van der Waals surface area contributed by atoms with Gasteiger partial charge in [-0.1, -0.05) is 25.1 Å². The Kier molecular flexibility index (Phi) is 8.96. The Bertz CT molecular complexity index is 1490. The van der Waals surface area contributed by atoms with Gasteiger partial charge < -0.3 is 28.4 Å². The smallest absolute Gasteiger partial charge is 0.340 e. The molecule has 1 aliphatic heterocycles. The molecule has 0 N–H and O–H groups in total. The SMILES string of the molecule is CC(=O)OC[C@]12[C@H](OC(=O)c3cccnc3)C[C@@H]3[C@H](OC(C)=O)[C@]1(OC3(C)C)[C@@H](C)C[C@@H](OC(=O)c1ccccc1)[C@@H]2OC(C)=O. The fourth-order valence-corrected chi connectivity index (χ4v) is 7.86. The average Bonchev–Trinajstić information content (AvgIpc) is 3.16. The molecule has 0 amide bonds. The van der Waals surface area contributed by atoms with E-state index >= 15 is 0 Å². The maximum atomic E-state index is 13.7. The quantitative estimate of drug-likeness (QED) is 0.305. The van der Waals surface area contributed by atoms with E-state index in [1.165, 1.54) is 33.2 Å². The monoisotopic (exact) mass is 637 g/mol. The molecule has 46 heavy (non-hydrogen) atoms. The molecule has 8 atom stereocenters. The zero-order valence-electron chi connectivity index (χ0n) is 26.7. The van der Waals surface area contributed by atoms with E-state index in [-0.39, 0.29) is 24.0 Å². The molecule has 2 heterocycles. The van der Waals surface area contributed by atoms with Crippen molar-refractivity contribution in [3.05, 3.63) is 66.0 Å². The van der Waals surface area contributed by atoms with Gasteiger partial charge in [0.1, 0.15) is 35.9 Å². The highest BCUT2D eigenvalue weighted by molar-refractivity contribution is 5.90. The summed E-state index contributed by atoms with van der Waals surface area (Å²) in [6.07, 6.45) is -1.48. The largest absolute Gasteiger partial charge is 0.465 e. The molecule has 1 saturated heterocycles. The molecule has 2 aliphatic carbocycles. The molecule has 3 aliphatic rings. The molecule has 1 aromatic heterocycles. The number of hydrogen-bond acceptors (Lipinski definition) is 12. The van der Waals surface area contributed by atoms with E-state index in [4.69, 9.17) is 28.4 Å². The van der Waals surface area contributed by atoms with Gasteiger partial charge >= 0.3 is 29.8 Å². The summed E-state index contributed by atoms with van der Waals surface area (Å²) < 4.78 is 37.2. The van der Waals surface area contributed by atoms with Crippen LogP contribution in [0.2, 0.25) is 0 Å². The molecular formula is C34H39NO11. The third-order valence-electron chi connectivity index (χ3n) is 9.56. The van der Waals surface area contributed by atoms with Crippen molar-refractivity contribution >= 4 is 29.8 Å². The first-order valence-electron chi connectivity index (χ1n) is 15.3. The third-order valence-corrected chi connectivity index (χ3v) is 9.56. The molecule has 1 aromatic carbocycles. The van der Waals surface area contributed by atoms with Gasteiger partial charge in [0, 0.05) is 39.1 Å². The summed E-state index contributed by atoms with van der Waals surface area (Å²) in [4.78, 5) is 69.2. The zero-order valence-corrected chi connectivity index (χ0v) is 26.7. The van der Waals surface area contributed by atoms with Gasteiger partial charge in [-0.3, -0.25) is 19.4 Å². The van der Waals surface area contributed by atoms with Crippen LogP contribution < -0.4 is 0 Å². The Labute approximate surface area is 267 Å². The number of benzene rings is 1. The summed E-state index contributed by atoms with van der Waals surface area (Å²) in [6.45, 7) is 8.76. The van der Waals surface area contributed by atoms with E-state index in [2.05, 4.69) is 4.98 Å². The number of carbonyl (C=O) groups excluding carboxylic acids is 5. The molecule has 246 valence electrons. The Balaban J connectivity index is 1.74. The highest BCUT2D eigenvalue weighted by Crippen LogP contribution is 2.68. The standard InChI is InChI=1S/C34H39NO11/c1-19-15-26(44-30(39)23-11-8-7-9-12-23)29(43-22(4)38)33(18-41-20(2)36)27(45-31(40)24-13-10-14-35-17-24)16-25-28(42-21(3)37)34(19,33)46-32(25,5)6/h7-14,17,19,25-29H,15-16,18H2,1-6H3/t19-,25+,26+,27+,28-,29-,33+,34+/m0/s1. The summed E-state index contributed by atoms with van der Waals surface area (Å²) in [5.74, 6) is -4.42. The Morgan fingerprint density at radius 2 is 1.43 bits per heavy atom. The number of aromatic nitrogens is 1. The van der Waals surface area contributed by atoms with Crippen molar-refractivity contribution in [1.82, 2.24) is 4.98 Å². The first kappa shape index (κ1) is 33.1. The topological polar surface area (TPSA) is 154 Å². The van der Waals surface area contributed by atoms with Crippen LogP contribution >= 0.6 is 0 Å². The summed E-state index contributed by atoms with van der Waals surface area (Å²) in [5.41, 5.74) is -3.76. The second-order valence-electron chi connectivity index (χ2n) is 12.8. The van der Waals surface area contributed by atoms with Crippen LogP contribution in [0.4, 0.5) is 0 Å². The normalized spacial score (nSPS) is 32.3. The summed E-state index contributed by atoms with van der Waals surface area (Å²) in [6, 6.07) is 11.4. The Hall–Kier alpha value is -4.32. The third kappa shape index (κ3) is 5.63. The molecule has 5 rings (SSSR count). The molecule has 0 unspecified atom stereocenters. The highest BCUT2D eigenvalue weighted by atomic mass is 16.6. The zero-order chi connectivity index (χ0) is 33.4. The predicted octanol–water partition coefficient (Wildman–Crippen LogP) is 3.85. The first-order valence-corrected chi connectivity index (χ1v) is 15.3. The molecular weight excluding hydrogens is 598 g/mol. The number of hydrogen-bond donors (Lipinski definition) is 0. The first-order chi connectivity index (χ1) is 21.7. The number of ether oxygens (including phenoxy) is 6. The maximum absolute atomic E-state index is 13.7. The average molecular weight is 638 g/mol. The van der Waals surface area contributed by atoms with E-state index in [1.54, 1.807) is 42.5 Å². The highest BCUT2D eigenvalue weighted by Gasteiger charge is 2.82. The molecule has 1 spiro atoms. The van der Waals surface area contributed by atoms with Crippen molar-refractivity contribution in [2.75, 3.05) is 6.61 Å². The van der Waals surface area contributed by atoms with Crippen molar-refractivity contribution in [3.63, 3.8) is 0 Å². The van der Waals surface area contributed by atoms with Gasteiger partial charge in [-0.2, -0.15) is 0 Å². The molecule has 3 fully saturated rings. The van der Waals surface area contributed by atoms with Crippen molar-refractivity contribution in [1.29, 1.82) is 0 Å². The lowest BCUT2D eigenvalue weighted by Crippen LogP contribution is -2.78. The minimum atomic E-state index is -1.72. The lowest BCUT2D eigenvalue weighted by atomic mass is 9.47. The number of fused-ring (bicyclic) bond motifs is 1. The molecule has 0 radical (unpaired) electrons. The Morgan fingerprint density at radius 1 is 0.804 bits per heavy atom. The number of nitrogens with zero attached hydrogens (tertiary/aromatic N) is 1. The number of carbonyl (C=O) groups is 5. The van der Waals surface area contributed by atoms with Gasteiger partial charge in [-0.05, 0) is 56.9 Å². The van der Waals surface area contributed by atoms with Gasteiger partial charge in [-0.25, -0.2) is 9.59 Å². The second kappa shape index (κ2) is 12.5. The maximum Gasteiger partial charge on any atom is 0.340 e. The summed E-state index contributed by atoms with van der Waals surface area (Å²) in [5, 5.41) is 0. The fourth-order valence-electron chi connectivity index (χ4n) is 7.86. The van der Waals surface area contributed by atoms with Crippen LogP contribution in [-0.2, 0) is 42.8 Å². The molecule has 12 heteroatoms.